The number of aryl methyl sites for hydroxylation is 2. The number of β-lactam (4-membered cyclic amide) rings is 2. The van der Waals surface area contributed by atoms with Gasteiger partial charge in [0, 0.05) is 49.2 Å². The molecule has 8 aromatic rings. The van der Waals surface area contributed by atoms with Gasteiger partial charge in [0.2, 0.25) is 33.0 Å². The van der Waals surface area contributed by atoms with Gasteiger partial charge in [-0.25, -0.2) is 19.0 Å². The minimum Gasteiger partial charge on any atom is -0.543 e. The van der Waals surface area contributed by atoms with Crippen LogP contribution in [0.1, 0.15) is 43.9 Å². The molecule has 6 amide bonds. The minimum absolute atomic E-state index is 0. The number of aromatic nitrogens is 8. The van der Waals surface area contributed by atoms with Crippen LogP contribution in [0.25, 0.3) is 21.9 Å². The third kappa shape index (κ3) is 16.6. The van der Waals surface area contributed by atoms with Crippen molar-refractivity contribution >= 4 is 128 Å². The molecule has 38 nitrogen and oxygen atoms in total. The largest absolute Gasteiger partial charge is 1.00 e. The number of fused-ring (bicyclic) bond motifs is 4. The summed E-state index contributed by atoms with van der Waals surface area (Å²) in [5.41, 5.74) is -2.81. The first-order valence-corrected chi connectivity index (χ1v) is 33.3. The summed E-state index contributed by atoms with van der Waals surface area (Å²) in [6.45, 7) is -1.30. The molecule has 2 saturated heterocycles. The Labute approximate surface area is 641 Å². The van der Waals surface area contributed by atoms with Gasteiger partial charge in [-0.3, -0.25) is 48.2 Å². The van der Waals surface area contributed by atoms with E-state index in [0.717, 1.165) is 70.1 Å². The predicted molar refractivity (Wildman–Crippen MR) is 344 cm³/mol. The van der Waals surface area contributed by atoms with Crippen LogP contribution in [0.2, 0.25) is 0 Å². The maximum absolute atomic E-state index is 13.8. The molecule has 6 atom stereocenters. The number of benzene rings is 4. The number of hydrogen-bond donors (Lipinski definition) is 10. The Kier molecular flexibility index (Phi) is 24.8. The molecule has 44 heteroatoms. The summed E-state index contributed by atoms with van der Waals surface area (Å²) in [5, 5.41) is 112. The van der Waals surface area contributed by atoms with Crippen molar-refractivity contribution in [2.75, 3.05) is 36.2 Å². The van der Waals surface area contributed by atoms with Crippen molar-refractivity contribution in [2.45, 2.75) is 45.2 Å². The molecule has 4 aromatic heterocycles. The van der Waals surface area contributed by atoms with Crippen LogP contribution in [0.15, 0.2) is 137 Å². The summed E-state index contributed by atoms with van der Waals surface area (Å²) in [6.07, 6.45) is 1.62. The van der Waals surface area contributed by atoms with Gasteiger partial charge in [0.05, 0.1) is 34.1 Å². The van der Waals surface area contributed by atoms with E-state index >= 15 is 0 Å². The fourth-order valence-corrected chi connectivity index (χ4v) is 15.1. The minimum atomic E-state index is -1.58. The maximum atomic E-state index is 13.8. The van der Waals surface area contributed by atoms with Crippen LogP contribution in [0.3, 0.4) is 0 Å². The molecule has 0 saturated carbocycles. The van der Waals surface area contributed by atoms with E-state index in [9.17, 15) is 88.2 Å². The number of rotatable bonds is 24. The van der Waals surface area contributed by atoms with E-state index in [4.69, 9.17) is 28.5 Å². The number of nitrogens with one attached hydrogen (secondary N) is 4. The summed E-state index contributed by atoms with van der Waals surface area (Å²) >= 11 is 4.72. The SMILES string of the molecule is Cn1nnnc1SCC1=C(C(=O)[O-])N2C(=O)[C@@H](NC(=O)C(NC(=O)c3coc4cc(O)c(O)cc4c3=O)c3ccc(OCC(=O)O)cc3)[C@H]2SC1.Cn1nnnc1SCC1=C(C(=O)[O-])N2C(=O)[C@@H](NC(=O)C(NC(=O)c3coc4cc(O)c(O)cc4c3=O)c3ccc(OCC(=O)O)cc3)[C@H]2SC1.[Na+].[Na+]. The molecule has 0 spiro atoms. The summed E-state index contributed by atoms with van der Waals surface area (Å²) < 4.78 is 23.7. The number of carboxylic acid groups (broad SMARTS) is 4. The standard InChI is InChI=1S/2C30H25N7O12S2.2Na/c2*1-36-30(33-34-35-36)51-11-13-10-50-28-22(27(45)37(28)23(13)29(46)47)32-26(44)21(12-2-4-14(5-3-12)48-9-20(40)41)31-25(43)16-8-49-19-7-18(39)17(38)6-15(19)24(16)42;;/h2*2-8,21-22,28,38-39H,9-11H2,1H3,(H,31,43)(H,32,44)(H,40,41)(H,46,47);;/q;;2*+1/p-2/t2*21?,22-,28-;;/m11../s1. The Morgan fingerprint density at radius 2 is 0.933 bits per heavy atom. The Bertz CT molecular complexity index is 4690. The van der Waals surface area contributed by atoms with Gasteiger partial charge in [-0.05, 0) is 79.5 Å². The first-order chi connectivity index (χ1) is 48.7. The maximum Gasteiger partial charge on any atom is 1.00 e. The second-order valence-corrected chi connectivity index (χ2v) is 26.1. The van der Waals surface area contributed by atoms with Crippen molar-refractivity contribution in [3.05, 3.63) is 151 Å². The second-order valence-electron chi connectivity index (χ2n) is 22.0. The van der Waals surface area contributed by atoms with E-state index in [1.165, 1.54) is 81.4 Å². The molecule has 4 aliphatic rings. The number of carboxylic acids is 4. The molecule has 8 heterocycles. The van der Waals surface area contributed by atoms with Gasteiger partial charge in [0.25, 0.3) is 23.6 Å². The fraction of sp³-hybridized carbons (Fsp3) is 0.233. The monoisotopic (exact) mass is 1520 g/mol. The molecule has 4 aliphatic heterocycles. The molecular weight excluding hydrogens is 1470 g/mol. The number of carbonyl (C=O) groups is 10. The van der Waals surface area contributed by atoms with Crippen molar-refractivity contribution in [3.8, 4) is 34.5 Å². The number of aromatic hydroxyl groups is 4. The number of hydrogen-bond acceptors (Lipinski definition) is 32. The van der Waals surface area contributed by atoms with E-state index in [0.29, 0.717) is 21.5 Å². The van der Waals surface area contributed by atoms with E-state index in [2.05, 4.69) is 52.3 Å². The smallest absolute Gasteiger partial charge is 0.543 e. The van der Waals surface area contributed by atoms with Gasteiger partial charge in [-0.15, -0.1) is 33.7 Å². The van der Waals surface area contributed by atoms with Crippen molar-refractivity contribution < 1.29 is 166 Å². The van der Waals surface area contributed by atoms with Gasteiger partial charge >= 0.3 is 71.1 Å². The average Bonchev–Trinajstić information content (AvgIpc) is 0.738. The van der Waals surface area contributed by atoms with E-state index in [1.54, 1.807) is 14.1 Å². The molecule has 4 aromatic carbocycles. The zero-order valence-corrected chi connectivity index (χ0v) is 61.2. The Balaban J connectivity index is 0.000000237. The normalized spacial score (nSPS) is 17.0. The molecule has 528 valence electrons. The molecule has 104 heavy (non-hydrogen) atoms. The topological polar surface area (TPSA) is 559 Å². The molecule has 0 radical (unpaired) electrons. The molecule has 0 bridgehead atoms. The zero-order valence-electron chi connectivity index (χ0n) is 53.9. The Morgan fingerprint density at radius 1 is 0.577 bits per heavy atom. The number of amides is 6. The van der Waals surface area contributed by atoms with Crippen LogP contribution in [0.5, 0.6) is 34.5 Å². The van der Waals surface area contributed by atoms with Crippen LogP contribution < -0.4 is 111 Å². The van der Waals surface area contributed by atoms with Crippen LogP contribution in [-0.2, 0) is 52.5 Å². The van der Waals surface area contributed by atoms with Crippen LogP contribution >= 0.6 is 47.0 Å². The number of phenolic OH excluding ortho intramolecular Hbond substituents is 4. The van der Waals surface area contributed by atoms with Crippen molar-refractivity contribution in [1.82, 2.24) is 71.5 Å². The van der Waals surface area contributed by atoms with Crippen molar-refractivity contribution in [2.24, 2.45) is 14.1 Å². The van der Waals surface area contributed by atoms with Crippen molar-refractivity contribution in [3.63, 3.8) is 0 Å². The third-order valence-electron chi connectivity index (χ3n) is 15.4. The van der Waals surface area contributed by atoms with Gasteiger partial charge in [-0.1, -0.05) is 47.8 Å². The summed E-state index contributed by atoms with van der Waals surface area (Å²) in [4.78, 5) is 156. The first kappa shape index (κ1) is 78.0. The molecule has 10 N–H and O–H groups in total. The van der Waals surface area contributed by atoms with Crippen LogP contribution in [-0.4, -0.2) is 199 Å². The second kappa shape index (κ2) is 33.1. The molecule has 0 aliphatic carbocycles. The summed E-state index contributed by atoms with van der Waals surface area (Å²) in [6, 6.07) is 8.99. The molecule has 12 rings (SSSR count). The number of tetrazole rings is 2. The van der Waals surface area contributed by atoms with E-state index < -0.39 is 152 Å². The molecule has 2 unspecified atom stereocenters. The predicted octanol–water partition coefficient (Wildman–Crippen LogP) is -8.28. The number of aliphatic carboxylic acids is 4. The zero-order chi connectivity index (χ0) is 73.1. The van der Waals surface area contributed by atoms with Gasteiger partial charge in [0.15, 0.2) is 36.2 Å². The van der Waals surface area contributed by atoms with Gasteiger partial charge in [-0.2, -0.15) is 0 Å². The fourth-order valence-electron chi connectivity index (χ4n) is 10.5. The van der Waals surface area contributed by atoms with Crippen LogP contribution in [0.4, 0.5) is 0 Å². The summed E-state index contributed by atoms with van der Waals surface area (Å²) in [5.74, 6) is -12.6. The third-order valence-corrected chi connectivity index (χ3v) is 20.3. The van der Waals surface area contributed by atoms with Crippen molar-refractivity contribution in [1.29, 1.82) is 0 Å². The quantitative estimate of drug-likeness (QED) is 0.0116. The van der Waals surface area contributed by atoms with Gasteiger partial charge in [0.1, 0.15) is 81.2 Å². The number of carbonyl (C=O) groups excluding carboxylic acids is 8. The Morgan fingerprint density at radius 3 is 1.26 bits per heavy atom. The van der Waals surface area contributed by atoms with E-state index in [-0.39, 0.29) is 138 Å². The Hall–Kier alpha value is -10.2. The van der Waals surface area contributed by atoms with Crippen LogP contribution in [0, 0.1) is 0 Å². The number of nitrogens with zero attached hydrogens (tertiary/aromatic N) is 10. The number of thioether (sulfide) groups is 4. The van der Waals surface area contributed by atoms with Gasteiger partial charge < -0.3 is 90.0 Å². The number of phenols is 4. The molecule has 2 fully saturated rings. The number of ether oxygens (including phenoxy) is 2. The average molecular weight is 1520 g/mol. The summed E-state index contributed by atoms with van der Waals surface area (Å²) in [7, 11) is 3.22. The first-order valence-electron chi connectivity index (χ1n) is 29.2. The van der Waals surface area contributed by atoms with E-state index in [1.807, 2.05) is 0 Å². The molecular formula is C60H48N14Na2O24S4.